The minimum atomic E-state index is 0.0379. The topological polar surface area (TPSA) is 84.8 Å². The molecule has 0 bridgehead atoms. The Hall–Kier alpha value is -0.320. The van der Waals surface area contributed by atoms with Crippen molar-refractivity contribution in [3.63, 3.8) is 0 Å². The van der Waals surface area contributed by atoms with E-state index in [2.05, 4.69) is 13.8 Å². The molecule has 0 fully saturated rings. The zero-order valence-electron chi connectivity index (χ0n) is 18.6. The average Bonchev–Trinajstić information content (AvgIpc) is 2.74. The fourth-order valence-corrected chi connectivity index (χ4v) is 2.22. The Bertz CT molecular complexity index is 294. The van der Waals surface area contributed by atoms with E-state index in [1.54, 1.807) is 0 Å². The molecule has 0 rings (SSSR count). The van der Waals surface area contributed by atoms with E-state index in [4.69, 9.17) is 38.3 Å². The average molecular weight is 425 g/mol. The Morgan fingerprint density at radius 2 is 0.828 bits per heavy atom. The summed E-state index contributed by atoms with van der Waals surface area (Å²) in [6.45, 7) is 12.3. The number of ether oxygens (including phenoxy) is 7. The molecule has 0 aliphatic carbocycles. The molecule has 0 radical (unpaired) electrons. The first-order chi connectivity index (χ1) is 14.3. The molecule has 1 unspecified atom stereocenters. The lowest BCUT2D eigenvalue weighted by atomic mass is 10.0. The lowest BCUT2D eigenvalue weighted by molar-refractivity contribution is -0.0216. The normalized spacial score (nSPS) is 12.5. The minimum absolute atomic E-state index is 0.0379. The maximum absolute atomic E-state index is 8.53. The summed E-state index contributed by atoms with van der Waals surface area (Å²) in [4.78, 5) is 0. The third-order valence-electron chi connectivity index (χ3n) is 4.15. The van der Waals surface area contributed by atoms with Gasteiger partial charge in [-0.2, -0.15) is 0 Å². The van der Waals surface area contributed by atoms with Crippen molar-refractivity contribution in [3.05, 3.63) is 0 Å². The van der Waals surface area contributed by atoms with Crippen molar-refractivity contribution in [1.29, 1.82) is 0 Å². The summed E-state index contributed by atoms with van der Waals surface area (Å²) < 4.78 is 37.6. The van der Waals surface area contributed by atoms with Crippen LogP contribution >= 0.6 is 0 Å². The van der Waals surface area contributed by atoms with Gasteiger partial charge >= 0.3 is 0 Å². The Kier molecular flexibility index (Phi) is 25.4. The van der Waals surface area contributed by atoms with Gasteiger partial charge in [0.2, 0.25) is 0 Å². The van der Waals surface area contributed by atoms with E-state index in [1.165, 1.54) is 12.8 Å². The largest absolute Gasteiger partial charge is 0.394 e. The van der Waals surface area contributed by atoms with E-state index in [1.807, 2.05) is 0 Å². The summed E-state index contributed by atoms with van der Waals surface area (Å²) in [5, 5.41) is 8.53. The van der Waals surface area contributed by atoms with Gasteiger partial charge in [-0.25, -0.2) is 0 Å². The van der Waals surface area contributed by atoms with Gasteiger partial charge in [-0.3, -0.25) is 0 Å². The van der Waals surface area contributed by atoms with E-state index in [9.17, 15) is 0 Å². The van der Waals surface area contributed by atoms with Crippen LogP contribution in [0.4, 0.5) is 0 Å². The molecule has 0 saturated carbocycles. The summed E-state index contributed by atoms with van der Waals surface area (Å²) in [5.41, 5.74) is 0. The monoisotopic (exact) mass is 424 g/mol. The second-order valence-electron chi connectivity index (χ2n) is 6.67. The summed E-state index contributed by atoms with van der Waals surface area (Å²) in [6, 6.07) is 0. The summed E-state index contributed by atoms with van der Waals surface area (Å²) in [5.74, 6) is 0.789. The van der Waals surface area contributed by atoms with E-state index >= 15 is 0 Å². The number of hydrogen-bond donors (Lipinski definition) is 1. The molecular weight excluding hydrogens is 380 g/mol. The molecule has 176 valence electrons. The van der Waals surface area contributed by atoms with Gasteiger partial charge in [0.15, 0.2) is 0 Å². The predicted molar refractivity (Wildman–Crippen MR) is 112 cm³/mol. The van der Waals surface area contributed by atoms with E-state index in [0.717, 1.165) is 18.9 Å². The molecule has 0 aromatic rings. The maximum atomic E-state index is 8.53. The zero-order chi connectivity index (χ0) is 21.3. The highest BCUT2D eigenvalue weighted by Crippen LogP contribution is 2.08. The Labute approximate surface area is 177 Å². The molecule has 1 N–H and O–H groups in total. The van der Waals surface area contributed by atoms with Crippen LogP contribution in [0.2, 0.25) is 0 Å². The van der Waals surface area contributed by atoms with Crippen molar-refractivity contribution in [2.75, 3.05) is 99.1 Å². The highest BCUT2D eigenvalue weighted by molar-refractivity contribution is 4.49. The van der Waals surface area contributed by atoms with Gasteiger partial charge in [-0.05, 0) is 18.8 Å². The van der Waals surface area contributed by atoms with Crippen LogP contribution in [0.15, 0.2) is 0 Å². The fraction of sp³-hybridized carbons (Fsp3) is 1.00. The summed E-state index contributed by atoms with van der Waals surface area (Å²) in [7, 11) is 0. The number of aliphatic hydroxyl groups excluding tert-OH is 1. The Morgan fingerprint density at radius 3 is 1.14 bits per heavy atom. The minimum Gasteiger partial charge on any atom is -0.394 e. The van der Waals surface area contributed by atoms with Crippen molar-refractivity contribution < 1.29 is 38.3 Å². The van der Waals surface area contributed by atoms with Crippen LogP contribution in [0, 0.1) is 5.92 Å². The van der Waals surface area contributed by atoms with E-state index in [-0.39, 0.29) is 6.61 Å². The van der Waals surface area contributed by atoms with E-state index < -0.39 is 0 Å². The molecule has 0 aromatic heterocycles. The first-order valence-corrected chi connectivity index (χ1v) is 11.0. The molecule has 0 heterocycles. The molecule has 0 spiro atoms. The van der Waals surface area contributed by atoms with Crippen molar-refractivity contribution in [2.24, 2.45) is 5.92 Å². The number of rotatable bonds is 25. The number of hydrogen-bond acceptors (Lipinski definition) is 8. The predicted octanol–water partition coefficient (Wildman–Crippen LogP) is 1.92. The van der Waals surface area contributed by atoms with Crippen LogP contribution in [-0.2, 0) is 33.2 Å². The second kappa shape index (κ2) is 25.7. The SMILES string of the molecule is CCC(C)CCCOCCOCCOCCOCCOCCOCCOCCO. The fourth-order valence-electron chi connectivity index (χ4n) is 2.22. The van der Waals surface area contributed by atoms with Crippen LogP contribution in [0.25, 0.3) is 0 Å². The van der Waals surface area contributed by atoms with Gasteiger partial charge in [0.1, 0.15) is 0 Å². The van der Waals surface area contributed by atoms with Gasteiger partial charge < -0.3 is 38.3 Å². The molecule has 29 heavy (non-hydrogen) atoms. The molecule has 0 saturated heterocycles. The van der Waals surface area contributed by atoms with Crippen molar-refractivity contribution in [1.82, 2.24) is 0 Å². The van der Waals surface area contributed by atoms with Crippen molar-refractivity contribution in [3.8, 4) is 0 Å². The smallest absolute Gasteiger partial charge is 0.0701 e. The summed E-state index contributed by atoms with van der Waals surface area (Å²) >= 11 is 0. The van der Waals surface area contributed by atoms with Gasteiger partial charge in [-0.15, -0.1) is 0 Å². The molecule has 8 nitrogen and oxygen atoms in total. The van der Waals surface area contributed by atoms with Gasteiger partial charge in [0.05, 0.1) is 92.5 Å². The van der Waals surface area contributed by atoms with Crippen LogP contribution in [0.1, 0.15) is 33.1 Å². The highest BCUT2D eigenvalue weighted by Gasteiger charge is 1.98. The van der Waals surface area contributed by atoms with E-state index in [0.29, 0.717) is 85.9 Å². The first-order valence-electron chi connectivity index (χ1n) is 11.0. The van der Waals surface area contributed by atoms with Crippen LogP contribution in [0.3, 0.4) is 0 Å². The van der Waals surface area contributed by atoms with Crippen LogP contribution < -0.4 is 0 Å². The zero-order valence-corrected chi connectivity index (χ0v) is 18.6. The van der Waals surface area contributed by atoms with Crippen molar-refractivity contribution >= 4 is 0 Å². The molecule has 0 aliphatic heterocycles. The Balaban J connectivity index is 3.00. The quantitative estimate of drug-likeness (QED) is 0.223. The third kappa shape index (κ3) is 25.6. The lowest BCUT2D eigenvalue weighted by Gasteiger charge is -2.09. The molecule has 0 amide bonds. The van der Waals surface area contributed by atoms with Gasteiger partial charge in [-0.1, -0.05) is 20.3 Å². The van der Waals surface area contributed by atoms with Crippen molar-refractivity contribution in [2.45, 2.75) is 33.1 Å². The highest BCUT2D eigenvalue weighted by atomic mass is 16.6. The van der Waals surface area contributed by atoms with Gasteiger partial charge in [0.25, 0.3) is 0 Å². The third-order valence-corrected chi connectivity index (χ3v) is 4.15. The molecule has 1 atom stereocenters. The second-order valence-corrected chi connectivity index (χ2v) is 6.67. The summed E-state index contributed by atoms with van der Waals surface area (Å²) in [6.07, 6.45) is 3.59. The number of aliphatic hydroxyl groups is 1. The first kappa shape index (κ1) is 28.7. The maximum Gasteiger partial charge on any atom is 0.0701 e. The molecule has 8 heteroatoms. The standard InChI is InChI=1S/C21H44O8/c1-3-21(2)5-4-7-23-9-11-25-13-15-27-17-19-29-20-18-28-16-14-26-12-10-24-8-6-22/h21-22H,3-20H2,1-2H3. The van der Waals surface area contributed by atoms with Crippen LogP contribution in [0.5, 0.6) is 0 Å². The molecule has 0 aliphatic rings. The molecule has 0 aromatic carbocycles. The van der Waals surface area contributed by atoms with Gasteiger partial charge in [0, 0.05) is 6.61 Å². The van der Waals surface area contributed by atoms with Crippen LogP contribution in [-0.4, -0.2) is 104 Å². The molecular formula is C21H44O8. The lowest BCUT2D eigenvalue weighted by Crippen LogP contribution is -2.14. The Morgan fingerprint density at radius 1 is 0.517 bits per heavy atom.